The van der Waals surface area contributed by atoms with Crippen molar-refractivity contribution >= 4 is 0 Å². The molecule has 2 rings (SSSR count). The van der Waals surface area contributed by atoms with Crippen LogP contribution in [-0.2, 0) is 0 Å². The Kier molecular flexibility index (Phi) is 4.87. The van der Waals surface area contributed by atoms with Crippen LogP contribution in [-0.4, -0.2) is 36.1 Å². The first-order chi connectivity index (χ1) is 8.22. The molecule has 1 heterocycles. The van der Waals surface area contributed by atoms with E-state index in [1.54, 1.807) is 0 Å². The summed E-state index contributed by atoms with van der Waals surface area (Å²) in [6.07, 6.45) is 8.51. The molecule has 17 heavy (non-hydrogen) atoms. The van der Waals surface area contributed by atoms with E-state index in [1.807, 2.05) is 0 Å². The fourth-order valence-corrected chi connectivity index (χ4v) is 3.58. The zero-order valence-corrected chi connectivity index (χ0v) is 11.9. The molecule has 100 valence electrons. The smallest absolute Gasteiger partial charge is 0.0224 e. The molecular formula is C15H30N2. The number of hydrogen-bond acceptors (Lipinski definition) is 2. The second-order valence-corrected chi connectivity index (χ2v) is 6.34. The molecule has 2 aliphatic rings. The van der Waals surface area contributed by atoms with Gasteiger partial charge in [0.25, 0.3) is 0 Å². The Morgan fingerprint density at radius 1 is 1.24 bits per heavy atom. The van der Waals surface area contributed by atoms with Crippen molar-refractivity contribution in [2.75, 3.05) is 13.1 Å². The summed E-state index contributed by atoms with van der Waals surface area (Å²) in [6.45, 7) is 9.52. The Balaban J connectivity index is 1.98. The lowest BCUT2D eigenvalue weighted by Crippen LogP contribution is -2.60. The van der Waals surface area contributed by atoms with Gasteiger partial charge in [-0.25, -0.2) is 0 Å². The Morgan fingerprint density at radius 3 is 2.53 bits per heavy atom. The van der Waals surface area contributed by atoms with Gasteiger partial charge in [0.2, 0.25) is 0 Å². The molecule has 0 bridgehead atoms. The zero-order chi connectivity index (χ0) is 12.3. The molecule has 0 amide bonds. The fraction of sp³-hybridized carbons (Fsp3) is 1.00. The third kappa shape index (κ3) is 3.23. The van der Waals surface area contributed by atoms with Gasteiger partial charge >= 0.3 is 0 Å². The highest BCUT2D eigenvalue weighted by Crippen LogP contribution is 2.28. The molecule has 2 fully saturated rings. The minimum atomic E-state index is 0.712. The summed E-state index contributed by atoms with van der Waals surface area (Å²) in [5.41, 5.74) is 0. The first-order valence-electron chi connectivity index (χ1n) is 7.71. The van der Waals surface area contributed by atoms with Crippen molar-refractivity contribution in [3.05, 3.63) is 0 Å². The summed E-state index contributed by atoms with van der Waals surface area (Å²) < 4.78 is 0. The minimum absolute atomic E-state index is 0.712. The fourth-order valence-electron chi connectivity index (χ4n) is 3.58. The van der Waals surface area contributed by atoms with E-state index in [0.29, 0.717) is 6.04 Å². The van der Waals surface area contributed by atoms with Gasteiger partial charge in [-0.2, -0.15) is 0 Å². The van der Waals surface area contributed by atoms with Crippen LogP contribution >= 0.6 is 0 Å². The molecule has 2 nitrogen and oxygen atoms in total. The van der Waals surface area contributed by atoms with Gasteiger partial charge in [0.05, 0.1) is 0 Å². The lowest BCUT2D eigenvalue weighted by Gasteiger charge is -2.45. The maximum atomic E-state index is 3.77. The summed E-state index contributed by atoms with van der Waals surface area (Å²) in [4.78, 5) is 2.86. The van der Waals surface area contributed by atoms with E-state index >= 15 is 0 Å². The molecule has 1 N–H and O–H groups in total. The van der Waals surface area contributed by atoms with Crippen molar-refractivity contribution in [2.24, 2.45) is 5.92 Å². The third-order valence-corrected chi connectivity index (χ3v) is 4.71. The van der Waals surface area contributed by atoms with Gasteiger partial charge in [-0.3, -0.25) is 4.90 Å². The number of piperazine rings is 1. The Bertz CT molecular complexity index is 221. The molecule has 2 unspecified atom stereocenters. The van der Waals surface area contributed by atoms with Gasteiger partial charge in [0.1, 0.15) is 0 Å². The van der Waals surface area contributed by atoms with Crippen LogP contribution in [0.15, 0.2) is 0 Å². The summed E-state index contributed by atoms with van der Waals surface area (Å²) in [5.74, 6) is 0.765. The number of nitrogens with zero attached hydrogens (tertiary/aromatic N) is 1. The maximum absolute atomic E-state index is 3.77. The molecule has 2 atom stereocenters. The van der Waals surface area contributed by atoms with Crippen LogP contribution < -0.4 is 5.32 Å². The highest BCUT2D eigenvalue weighted by atomic mass is 15.3. The molecule has 0 radical (unpaired) electrons. The maximum Gasteiger partial charge on any atom is 0.0224 e. The second-order valence-electron chi connectivity index (χ2n) is 6.34. The van der Waals surface area contributed by atoms with Crippen LogP contribution in [0.3, 0.4) is 0 Å². The molecule has 0 aromatic rings. The molecule has 1 saturated heterocycles. The van der Waals surface area contributed by atoms with E-state index in [4.69, 9.17) is 0 Å². The average Bonchev–Trinajstić information content (AvgIpc) is 2.83. The molecule has 0 aromatic carbocycles. The summed E-state index contributed by atoms with van der Waals surface area (Å²) in [5, 5.41) is 3.77. The molecular weight excluding hydrogens is 208 g/mol. The van der Waals surface area contributed by atoms with E-state index < -0.39 is 0 Å². The summed E-state index contributed by atoms with van der Waals surface area (Å²) in [6, 6.07) is 2.41. The first-order valence-corrected chi connectivity index (χ1v) is 7.71. The molecule has 0 spiro atoms. The second kappa shape index (κ2) is 6.19. The van der Waals surface area contributed by atoms with E-state index in [0.717, 1.165) is 18.0 Å². The monoisotopic (exact) mass is 238 g/mol. The minimum Gasteiger partial charge on any atom is -0.311 e. The lowest BCUT2D eigenvalue weighted by atomic mass is 9.95. The van der Waals surface area contributed by atoms with Crippen molar-refractivity contribution in [3.8, 4) is 0 Å². The highest BCUT2D eigenvalue weighted by molar-refractivity contribution is 4.92. The highest BCUT2D eigenvalue weighted by Gasteiger charge is 2.34. The van der Waals surface area contributed by atoms with E-state index in [-0.39, 0.29) is 0 Å². The summed E-state index contributed by atoms with van der Waals surface area (Å²) >= 11 is 0. The average molecular weight is 238 g/mol. The largest absolute Gasteiger partial charge is 0.311 e. The predicted octanol–water partition coefficient (Wildman–Crippen LogP) is 3.03. The SMILES string of the molecule is CCCC1CNC(C(C)C)CN1C1CCCC1. The Hall–Kier alpha value is -0.0800. The van der Waals surface area contributed by atoms with Gasteiger partial charge in [0.15, 0.2) is 0 Å². The Labute approximate surface area is 107 Å². The van der Waals surface area contributed by atoms with E-state index in [9.17, 15) is 0 Å². The topological polar surface area (TPSA) is 15.3 Å². The standard InChI is InChI=1S/C15H30N2/c1-4-7-14-10-16-15(12(2)3)11-17(14)13-8-5-6-9-13/h12-16H,4-11H2,1-3H3. The third-order valence-electron chi connectivity index (χ3n) is 4.71. The van der Waals surface area contributed by atoms with Crippen LogP contribution in [0.2, 0.25) is 0 Å². The van der Waals surface area contributed by atoms with Crippen LogP contribution in [0, 0.1) is 5.92 Å². The Morgan fingerprint density at radius 2 is 1.94 bits per heavy atom. The van der Waals surface area contributed by atoms with Crippen molar-refractivity contribution in [3.63, 3.8) is 0 Å². The number of nitrogens with one attached hydrogen (secondary N) is 1. The van der Waals surface area contributed by atoms with Gasteiger partial charge in [-0.1, -0.05) is 40.0 Å². The quantitative estimate of drug-likeness (QED) is 0.810. The lowest BCUT2D eigenvalue weighted by molar-refractivity contribution is 0.0663. The van der Waals surface area contributed by atoms with Crippen LogP contribution in [0.25, 0.3) is 0 Å². The number of hydrogen-bond donors (Lipinski definition) is 1. The van der Waals surface area contributed by atoms with Gasteiger partial charge in [0, 0.05) is 31.2 Å². The normalized spacial score (nSPS) is 32.5. The van der Waals surface area contributed by atoms with Crippen molar-refractivity contribution < 1.29 is 0 Å². The molecule has 0 aromatic heterocycles. The molecule has 1 aliphatic heterocycles. The van der Waals surface area contributed by atoms with Crippen molar-refractivity contribution in [1.29, 1.82) is 0 Å². The molecule has 1 saturated carbocycles. The van der Waals surface area contributed by atoms with Gasteiger partial charge < -0.3 is 5.32 Å². The van der Waals surface area contributed by atoms with Gasteiger partial charge in [-0.15, -0.1) is 0 Å². The van der Waals surface area contributed by atoms with Crippen LogP contribution in [0.5, 0.6) is 0 Å². The molecule has 1 aliphatic carbocycles. The van der Waals surface area contributed by atoms with Crippen molar-refractivity contribution in [2.45, 2.75) is 77.4 Å². The predicted molar refractivity (Wildman–Crippen MR) is 74.3 cm³/mol. The van der Waals surface area contributed by atoms with Crippen molar-refractivity contribution in [1.82, 2.24) is 10.2 Å². The van der Waals surface area contributed by atoms with Gasteiger partial charge in [-0.05, 0) is 25.2 Å². The number of rotatable bonds is 4. The summed E-state index contributed by atoms with van der Waals surface area (Å²) in [7, 11) is 0. The van der Waals surface area contributed by atoms with E-state index in [2.05, 4.69) is 31.0 Å². The molecule has 2 heteroatoms. The zero-order valence-electron chi connectivity index (χ0n) is 11.9. The van der Waals surface area contributed by atoms with Crippen LogP contribution in [0.4, 0.5) is 0 Å². The first kappa shape index (κ1) is 13.4. The van der Waals surface area contributed by atoms with Crippen LogP contribution in [0.1, 0.15) is 59.3 Å². The van der Waals surface area contributed by atoms with E-state index in [1.165, 1.54) is 51.6 Å².